The van der Waals surface area contributed by atoms with E-state index in [0.717, 1.165) is 25.2 Å². The van der Waals surface area contributed by atoms with Gasteiger partial charge in [0.25, 0.3) is 5.91 Å². The van der Waals surface area contributed by atoms with E-state index in [9.17, 15) is 9.90 Å². The largest absolute Gasteiger partial charge is 0.392 e. The van der Waals surface area contributed by atoms with E-state index < -0.39 is 0 Å². The molecule has 6 nitrogen and oxygen atoms in total. The molecule has 1 aliphatic heterocycles. The molecule has 24 heavy (non-hydrogen) atoms. The Morgan fingerprint density at radius 3 is 2.58 bits per heavy atom. The summed E-state index contributed by atoms with van der Waals surface area (Å²) in [5.74, 6) is 0.00652. The van der Waals surface area contributed by atoms with Gasteiger partial charge in [0.2, 0.25) is 0 Å². The highest BCUT2D eigenvalue weighted by atomic mass is 16.3. The minimum atomic E-state index is -0.285. The normalized spacial score (nSPS) is 17.0. The molecule has 0 unspecified atom stereocenters. The van der Waals surface area contributed by atoms with Gasteiger partial charge in [0.15, 0.2) is 0 Å². The smallest absolute Gasteiger partial charge is 0.272 e. The molecule has 0 saturated carbocycles. The van der Waals surface area contributed by atoms with Gasteiger partial charge in [0.1, 0.15) is 5.69 Å². The van der Waals surface area contributed by atoms with Gasteiger partial charge in [0.05, 0.1) is 18.6 Å². The third-order valence-electron chi connectivity index (χ3n) is 4.49. The standard InChI is InChI=1S/C18H24N4O2/c1-2-16(23)13-20-8-10-21(11-9-20)18(24)17-12-19-14-22(17)15-6-4-3-5-7-15/h3-7,12,14,16,23H,2,8-11,13H2,1H3/t16-/m0/s1. The van der Waals surface area contributed by atoms with Crippen LogP contribution in [0.5, 0.6) is 0 Å². The lowest BCUT2D eigenvalue weighted by Gasteiger charge is -2.35. The zero-order valence-electron chi connectivity index (χ0n) is 14.0. The second kappa shape index (κ2) is 7.59. The van der Waals surface area contributed by atoms with Gasteiger partial charge in [-0.15, -0.1) is 0 Å². The number of piperazine rings is 1. The molecule has 6 heteroatoms. The van der Waals surface area contributed by atoms with Crippen molar-refractivity contribution >= 4 is 5.91 Å². The predicted molar refractivity (Wildman–Crippen MR) is 92.2 cm³/mol. The van der Waals surface area contributed by atoms with Crippen LogP contribution in [-0.2, 0) is 0 Å². The van der Waals surface area contributed by atoms with Crippen molar-refractivity contribution in [2.45, 2.75) is 19.4 Å². The van der Waals surface area contributed by atoms with Crippen molar-refractivity contribution in [2.75, 3.05) is 32.7 Å². The van der Waals surface area contributed by atoms with Crippen LogP contribution in [0.15, 0.2) is 42.9 Å². The minimum absolute atomic E-state index is 0.00652. The fourth-order valence-electron chi connectivity index (χ4n) is 2.97. The average molecular weight is 328 g/mol. The summed E-state index contributed by atoms with van der Waals surface area (Å²) in [6.45, 7) is 5.60. The molecule has 0 radical (unpaired) electrons. The molecule has 2 aromatic rings. The maximum atomic E-state index is 12.8. The molecule has 0 bridgehead atoms. The molecule has 128 valence electrons. The van der Waals surface area contributed by atoms with E-state index >= 15 is 0 Å². The fourth-order valence-corrected chi connectivity index (χ4v) is 2.97. The number of aromatic nitrogens is 2. The molecule has 2 heterocycles. The number of para-hydroxylation sites is 1. The number of imidazole rings is 1. The topological polar surface area (TPSA) is 61.6 Å². The Morgan fingerprint density at radius 2 is 1.92 bits per heavy atom. The number of carbonyl (C=O) groups excluding carboxylic acids is 1. The maximum absolute atomic E-state index is 12.8. The minimum Gasteiger partial charge on any atom is -0.392 e. The Hall–Kier alpha value is -2.18. The second-order valence-corrected chi connectivity index (χ2v) is 6.14. The molecule has 1 atom stereocenters. The van der Waals surface area contributed by atoms with Crippen LogP contribution >= 0.6 is 0 Å². The van der Waals surface area contributed by atoms with Gasteiger partial charge in [-0.25, -0.2) is 4.98 Å². The molecule has 3 rings (SSSR count). The Labute approximate surface area is 142 Å². The first-order chi connectivity index (χ1) is 11.7. The van der Waals surface area contributed by atoms with E-state index in [-0.39, 0.29) is 12.0 Å². The van der Waals surface area contributed by atoms with Gasteiger partial charge in [-0.05, 0) is 18.6 Å². The number of nitrogens with zero attached hydrogens (tertiary/aromatic N) is 4. The van der Waals surface area contributed by atoms with E-state index in [2.05, 4.69) is 9.88 Å². The van der Waals surface area contributed by atoms with E-state index in [4.69, 9.17) is 0 Å². The van der Waals surface area contributed by atoms with E-state index in [1.807, 2.05) is 46.7 Å². The van der Waals surface area contributed by atoms with Crippen molar-refractivity contribution in [3.63, 3.8) is 0 Å². The number of benzene rings is 1. The highest BCUT2D eigenvalue weighted by molar-refractivity contribution is 5.93. The third-order valence-corrected chi connectivity index (χ3v) is 4.49. The highest BCUT2D eigenvalue weighted by Crippen LogP contribution is 2.14. The first kappa shape index (κ1) is 16.7. The zero-order valence-corrected chi connectivity index (χ0v) is 14.0. The van der Waals surface area contributed by atoms with Crippen molar-refractivity contribution in [2.24, 2.45) is 0 Å². The lowest BCUT2D eigenvalue weighted by molar-refractivity contribution is 0.0517. The summed E-state index contributed by atoms with van der Waals surface area (Å²) >= 11 is 0. The van der Waals surface area contributed by atoms with Gasteiger partial charge in [-0.2, -0.15) is 0 Å². The predicted octanol–water partition coefficient (Wildman–Crippen LogP) is 1.40. The van der Waals surface area contributed by atoms with Gasteiger partial charge >= 0.3 is 0 Å². The summed E-state index contributed by atoms with van der Waals surface area (Å²) in [6, 6.07) is 9.76. The molecular weight excluding hydrogens is 304 g/mol. The van der Waals surface area contributed by atoms with E-state index in [1.165, 1.54) is 0 Å². The number of aliphatic hydroxyl groups excluding tert-OH is 1. The maximum Gasteiger partial charge on any atom is 0.272 e. The number of hydrogen-bond donors (Lipinski definition) is 1. The summed E-state index contributed by atoms with van der Waals surface area (Å²) in [4.78, 5) is 21.1. The molecule has 1 fully saturated rings. The molecule has 1 aliphatic rings. The van der Waals surface area contributed by atoms with Crippen molar-refractivity contribution in [3.05, 3.63) is 48.5 Å². The monoisotopic (exact) mass is 328 g/mol. The molecule has 0 aliphatic carbocycles. The van der Waals surface area contributed by atoms with Crippen LogP contribution in [0.4, 0.5) is 0 Å². The van der Waals surface area contributed by atoms with Crippen molar-refractivity contribution in [1.29, 1.82) is 0 Å². The van der Waals surface area contributed by atoms with Crippen LogP contribution in [0, 0.1) is 0 Å². The number of aliphatic hydroxyl groups is 1. The Bertz CT molecular complexity index is 663. The van der Waals surface area contributed by atoms with Gasteiger partial charge in [-0.1, -0.05) is 25.1 Å². The van der Waals surface area contributed by atoms with E-state index in [1.54, 1.807) is 12.5 Å². The van der Waals surface area contributed by atoms with Crippen LogP contribution < -0.4 is 0 Å². The summed E-state index contributed by atoms with van der Waals surface area (Å²) in [7, 11) is 0. The van der Waals surface area contributed by atoms with Crippen molar-refractivity contribution in [3.8, 4) is 5.69 Å². The third kappa shape index (κ3) is 3.66. The van der Waals surface area contributed by atoms with Gasteiger partial charge < -0.3 is 10.0 Å². The zero-order chi connectivity index (χ0) is 16.9. The summed E-state index contributed by atoms with van der Waals surface area (Å²) in [5.41, 5.74) is 1.52. The summed E-state index contributed by atoms with van der Waals surface area (Å²) < 4.78 is 1.83. The van der Waals surface area contributed by atoms with Gasteiger partial charge in [0, 0.05) is 38.4 Å². The number of β-amino-alcohol motifs (C(OH)–C–C–N with tert-alkyl or cyclic N) is 1. The number of carbonyl (C=O) groups is 1. The Morgan fingerprint density at radius 1 is 1.21 bits per heavy atom. The number of rotatable bonds is 5. The van der Waals surface area contributed by atoms with Gasteiger partial charge in [-0.3, -0.25) is 14.3 Å². The Balaban J connectivity index is 1.66. The van der Waals surface area contributed by atoms with Crippen LogP contribution in [0.3, 0.4) is 0 Å². The second-order valence-electron chi connectivity index (χ2n) is 6.14. The molecule has 1 N–H and O–H groups in total. The van der Waals surface area contributed by atoms with Crippen molar-refractivity contribution < 1.29 is 9.90 Å². The van der Waals surface area contributed by atoms with Crippen molar-refractivity contribution in [1.82, 2.24) is 19.4 Å². The SMILES string of the molecule is CC[C@H](O)CN1CCN(C(=O)c2cncn2-c2ccccc2)CC1. The Kier molecular flexibility index (Phi) is 5.27. The number of hydrogen-bond acceptors (Lipinski definition) is 4. The summed E-state index contributed by atoms with van der Waals surface area (Å²) in [6.07, 6.45) is 3.78. The lowest BCUT2D eigenvalue weighted by Crippen LogP contribution is -2.50. The summed E-state index contributed by atoms with van der Waals surface area (Å²) in [5, 5.41) is 9.76. The average Bonchev–Trinajstić information content (AvgIpc) is 3.12. The first-order valence-corrected chi connectivity index (χ1v) is 8.46. The van der Waals surface area contributed by atoms with Crippen LogP contribution in [-0.4, -0.2) is 69.2 Å². The van der Waals surface area contributed by atoms with Crippen LogP contribution in [0.2, 0.25) is 0 Å². The fraction of sp³-hybridized carbons (Fsp3) is 0.444. The number of amides is 1. The highest BCUT2D eigenvalue weighted by Gasteiger charge is 2.25. The molecule has 1 aromatic heterocycles. The molecule has 0 spiro atoms. The quantitative estimate of drug-likeness (QED) is 0.901. The first-order valence-electron chi connectivity index (χ1n) is 8.46. The van der Waals surface area contributed by atoms with E-state index in [0.29, 0.717) is 25.3 Å². The van der Waals surface area contributed by atoms with Crippen LogP contribution in [0.1, 0.15) is 23.8 Å². The lowest BCUT2D eigenvalue weighted by atomic mass is 10.2. The molecule has 1 aromatic carbocycles. The molecule has 1 saturated heterocycles. The van der Waals surface area contributed by atoms with Crippen LogP contribution in [0.25, 0.3) is 5.69 Å². The molecular formula is C18H24N4O2. The molecule has 1 amide bonds.